The van der Waals surface area contributed by atoms with Crippen LogP contribution in [0.1, 0.15) is 68.2 Å². The standard InChI is InChI=1S/C18H29NO2/c1-4-5-10-21-11-6-9-19-15-12-14(3)17-13(2)7-8-16(20)18(15)17/h7-8,14-15,19-20H,4-6,9-12H2,1-3H3. The van der Waals surface area contributed by atoms with Gasteiger partial charge in [0.25, 0.3) is 0 Å². The van der Waals surface area contributed by atoms with Gasteiger partial charge in [0.05, 0.1) is 0 Å². The summed E-state index contributed by atoms with van der Waals surface area (Å²) >= 11 is 0. The Balaban J connectivity index is 1.83. The quantitative estimate of drug-likeness (QED) is 0.710. The second kappa shape index (κ2) is 7.81. The lowest BCUT2D eigenvalue weighted by molar-refractivity contribution is 0.128. The number of aryl methyl sites for hydroxylation is 1. The molecular formula is C18H29NO2. The number of fused-ring (bicyclic) bond motifs is 1. The van der Waals surface area contributed by atoms with Gasteiger partial charge in [0.15, 0.2) is 0 Å². The smallest absolute Gasteiger partial charge is 0.120 e. The van der Waals surface area contributed by atoms with Crippen molar-refractivity contribution < 1.29 is 9.84 Å². The van der Waals surface area contributed by atoms with Gasteiger partial charge in [-0.2, -0.15) is 0 Å². The van der Waals surface area contributed by atoms with E-state index >= 15 is 0 Å². The molecule has 1 aliphatic rings. The van der Waals surface area contributed by atoms with Gasteiger partial charge < -0.3 is 15.2 Å². The van der Waals surface area contributed by atoms with E-state index in [1.54, 1.807) is 0 Å². The predicted molar refractivity (Wildman–Crippen MR) is 87.0 cm³/mol. The molecule has 21 heavy (non-hydrogen) atoms. The van der Waals surface area contributed by atoms with E-state index in [1.807, 2.05) is 12.1 Å². The molecule has 0 radical (unpaired) electrons. The summed E-state index contributed by atoms with van der Waals surface area (Å²) in [5, 5.41) is 13.8. The van der Waals surface area contributed by atoms with Gasteiger partial charge in [-0.3, -0.25) is 0 Å². The first-order chi connectivity index (χ1) is 10.1. The zero-order valence-electron chi connectivity index (χ0n) is 13.6. The molecule has 0 saturated carbocycles. The summed E-state index contributed by atoms with van der Waals surface area (Å²) in [5.74, 6) is 0.960. The Bertz CT molecular complexity index is 459. The minimum absolute atomic E-state index is 0.283. The Morgan fingerprint density at radius 2 is 2.00 bits per heavy atom. The van der Waals surface area contributed by atoms with Gasteiger partial charge in [0, 0.05) is 24.8 Å². The number of hydrogen-bond donors (Lipinski definition) is 2. The molecule has 0 bridgehead atoms. The molecule has 2 atom stereocenters. The van der Waals surface area contributed by atoms with Crippen LogP contribution in [-0.2, 0) is 4.74 Å². The molecule has 118 valence electrons. The van der Waals surface area contributed by atoms with Gasteiger partial charge in [-0.05, 0) is 55.8 Å². The largest absolute Gasteiger partial charge is 0.508 e. The Labute approximate surface area is 128 Å². The highest BCUT2D eigenvalue weighted by Gasteiger charge is 2.31. The number of ether oxygens (including phenoxy) is 1. The number of hydrogen-bond acceptors (Lipinski definition) is 3. The van der Waals surface area contributed by atoms with Crippen molar-refractivity contribution in [1.29, 1.82) is 0 Å². The van der Waals surface area contributed by atoms with Gasteiger partial charge in [-0.15, -0.1) is 0 Å². The summed E-state index contributed by atoms with van der Waals surface area (Å²) in [4.78, 5) is 0. The molecule has 0 amide bonds. The van der Waals surface area contributed by atoms with Crippen LogP contribution < -0.4 is 5.32 Å². The molecule has 0 spiro atoms. The molecule has 2 N–H and O–H groups in total. The number of unbranched alkanes of at least 4 members (excludes halogenated alkanes) is 1. The van der Waals surface area contributed by atoms with E-state index in [9.17, 15) is 5.11 Å². The Hall–Kier alpha value is -1.06. The third-order valence-corrected chi connectivity index (χ3v) is 4.41. The molecule has 0 heterocycles. The van der Waals surface area contributed by atoms with Crippen molar-refractivity contribution >= 4 is 0 Å². The summed E-state index contributed by atoms with van der Waals surface area (Å²) < 4.78 is 5.58. The van der Waals surface area contributed by atoms with E-state index < -0.39 is 0 Å². The SMILES string of the molecule is CCCCOCCCNC1CC(C)c2c(C)ccc(O)c21. The third-order valence-electron chi connectivity index (χ3n) is 4.41. The average molecular weight is 291 g/mol. The zero-order valence-corrected chi connectivity index (χ0v) is 13.6. The zero-order chi connectivity index (χ0) is 15.2. The third kappa shape index (κ3) is 3.98. The molecule has 0 fully saturated rings. The van der Waals surface area contributed by atoms with Crippen LogP contribution in [0.15, 0.2) is 12.1 Å². The molecule has 1 aromatic carbocycles. The fourth-order valence-electron chi connectivity index (χ4n) is 3.33. The second-order valence-corrected chi connectivity index (χ2v) is 6.19. The molecule has 2 rings (SSSR count). The number of benzene rings is 1. The van der Waals surface area contributed by atoms with Crippen LogP contribution in [0.4, 0.5) is 0 Å². The molecule has 1 aromatic rings. The predicted octanol–water partition coefficient (Wildman–Crippen LogP) is 4.05. The number of rotatable bonds is 8. The number of phenols is 1. The molecule has 2 unspecified atom stereocenters. The van der Waals surface area contributed by atoms with Crippen molar-refractivity contribution in [3.63, 3.8) is 0 Å². The van der Waals surface area contributed by atoms with Crippen LogP contribution in [0.25, 0.3) is 0 Å². The van der Waals surface area contributed by atoms with E-state index in [-0.39, 0.29) is 6.04 Å². The average Bonchev–Trinajstić information content (AvgIpc) is 2.80. The number of aromatic hydroxyl groups is 1. The van der Waals surface area contributed by atoms with E-state index in [0.29, 0.717) is 11.7 Å². The van der Waals surface area contributed by atoms with E-state index in [0.717, 1.165) is 44.6 Å². The van der Waals surface area contributed by atoms with E-state index in [4.69, 9.17) is 4.74 Å². The molecule has 0 saturated heterocycles. The van der Waals surface area contributed by atoms with Crippen LogP contribution in [0.5, 0.6) is 5.75 Å². The highest BCUT2D eigenvalue weighted by atomic mass is 16.5. The van der Waals surface area contributed by atoms with Crippen molar-refractivity contribution in [3.8, 4) is 5.75 Å². The van der Waals surface area contributed by atoms with Crippen LogP contribution in [0.2, 0.25) is 0 Å². The van der Waals surface area contributed by atoms with Crippen molar-refractivity contribution in [1.82, 2.24) is 5.32 Å². The first-order valence-corrected chi connectivity index (χ1v) is 8.28. The van der Waals surface area contributed by atoms with Crippen molar-refractivity contribution in [2.45, 2.75) is 58.4 Å². The molecule has 3 heteroatoms. The molecule has 0 aliphatic heterocycles. The topological polar surface area (TPSA) is 41.5 Å². The molecular weight excluding hydrogens is 262 g/mol. The number of nitrogens with one attached hydrogen (secondary N) is 1. The first kappa shape index (κ1) is 16.3. The maximum atomic E-state index is 10.2. The molecule has 0 aromatic heterocycles. The summed E-state index contributed by atoms with van der Waals surface area (Å²) in [5.41, 5.74) is 3.75. The molecule has 3 nitrogen and oxygen atoms in total. The van der Waals surface area contributed by atoms with Gasteiger partial charge in [0.2, 0.25) is 0 Å². The number of phenolic OH excluding ortho intramolecular Hbond substituents is 1. The first-order valence-electron chi connectivity index (χ1n) is 8.28. The maximum absolute atomic E-state index is 10.2. The summed E-state index contributed by atoms with van der Waals surface area (Å²) in [7, 11) is 0. The highest BCUT2D eigenvalue weighted by molar-refractivity contribution is 5.50. The second-order valence-electron chi connectivity index (χ2n) is 6.19. The minimum atomic E-state index is 0.283. The van der Waals surface area contributed by atoms with Gasteiger partial charge >= 0.3 is 0 Å². The van der Waals surface area contributed by atoms with Gasteiger partial charge in [-0.1, -0.05) is 26.3 Å². The van der Waals surface area contributed by atoms with Gasteiger partial charge in [-0.25, -0.2) is 0 Å². The van der Waals surface area contributed by atoms with E-state index in [2.05, 4.69) is 26.1 Å². The normalized spacial score (nSPS) is 20.7. The monoisotopic (exact) mass is 291 g/mol. The van der Waals surface area contributed by atoms with Crippen molar-refractivity contribution in [2.75, 3.05) is 19.8 Å². The van der Waals surface area contributed by atoms with E-state index in [1.165, 1.54) is 17.5 Å². The fraction of sp³-hybridized carbons (Fsp3) is 0.667. The summed E-state index contributed by atoms with van der Waals surface area (Å²) in [6, 6.07) is 4.13. The lowest BCUT2D eigenvalue weighted by Crippen LogP contribution is -2.21. The van der Waals surface area contributed by atoms with Crippen LogP contribution in [0.3, 0.4) is 0 Å². The Morgan fingerprint density at radius 1 is 1.24 bits per heavy atom. The Kier molecular flexibility index (Phi) is 6.07. The van der Waals surface area contributed by atoms with Crippen LogP contribution in [-0.4, -0.2) is 24.9 Å². The summed E-state index contributed by atoms with van der Waals surface area (Å²) in [6.45, 7) is 9.20. The van der Waals surface area contributed by atoms with Crippen molar-refractivity contribution in [2.24, 2.45) is 0 Å². The van der Waals surface area contributed by atoms with Gasteiger partial charge in [0.1, 0.15) is 5.75 Å². The lowest BCUT2D eigenvalue weighted by Gasteiger charge is -2.16. The highest BCUT2D eigenvalue weighted by Crippen LogP contribution is 2.45. The van der Waals surface area contributed by atoms with Crippen LogP contribution >= 0.6 is 0 Å². The fourth-order valence-corrected chi connectivity index (χ4v) is 3.33. The van der Waals surface area contributed by atoms with Crippen molar-refractivity contribution in [3.05, 3.63) is 28.8 Å². The maximum Gasteiger partial charge on any atom is 0.120 e. The lowest BCUT2D eigenvalue weighted by atomic mass is 9.97. The summed E-state index contributed by atoms with van der Waals surface area (Å²) in [6.07, 6.45) is 4.43. The molecule has 1 aliphatic carbocycles. The minimum Gasteiger partial charge on any atom is -0.508 e. The van der Waals surface area contributed by atoms with Crippen LogP contribution in [0, 0.1) is 6.92 Å². The Morgan fingerprint density at radius 3 is 2.76 bits per heavy atom.